The van der Waals surface area contributed by atoms with Crippen LogP contribution < -0.4 is 5.73 Å². The van der Waals surface area contributed by atoms with Crippen molar-refractivity contribution in [2.45, 2.75) is 0 Å². The lowest BCUT2D eigenvalue weighted by Gasteiger charge is -2.02. The zero-order valence-electron chi connectivity index (χ0n) is 8.87. The molecule has 0 saturated carbocycles. The fourth-order valence-corrected chi connectivity index (χ4v) is 1.47. The molecule has 0 radical (unpaired) electrons. The standard InChI is InChI=1S/C10H7ClN4O3/c11-6-1-2-7(14-8(6)10(17)18)15-4-5(3-13-15)9(12)16/h1-4H,(H2,12,16)(H,17,18). The maximum Gasteiger partial charge on any atom is 0.356 e. The van der Waals surface area contributed by atoms with Crippen molar-refractivity contribution in [3.63, 3.8) is 0 Å². The maximum atomic E-state index is 10.9. The van der Waals surface area contributed by atoms with Gasteiger partial charge >= 0.3 is 5.97 Å². The molecular formula is C10H7ClN4O3. The lowest BCUT2D eigenvalue weighted by molar-refractivity contribution is 0.0690. The molecule has 92 valence electrons. The van der Waals surface area contributed by atoms with E-state index >= 15 is 0 Å². The highest BCUT2D eigenvalue weighted by Gasteiger charge is 2.13. The van der Waals surface area contributed by atoms with Crippen molar-refractivity contribution >= 4 is 23.5 Å². The molecule has 0 saturated heterocycles. The van der Waals surface area contributed by atoms with Crippen LogP contribution in [0.25, 0.3) is 5.82 Å². The molecule has 3 N–H and O–H groups in total. The highest BCUT2D eigenvalue weighted by Crippen LogP contribution is 2.16. The number of carboxylic acid groups (broad SMARTS) is 1. The van der Waals surface area contributed by atoms with E-state index in [9.17, 15) is 9.59 Å². The largest absolute Gasteiger partial charge is 0.476 e. The minimum absolute atomic E-state index is 0.0218. The van der Waals surface area contributed by atoms with E-state index in [-0.39, 0.29) is 22.1 Å². The SMILES string of the molecule is NC(=O)c1cnn(-c2ccc(Cl)c(C(=O)O)n2)c1. The van der Waals surface area contributed by atoms with Gasteiger partial charge in [-0.05, 0) is 12.1 Å². The van der Waals surface area contributed by atoms with Crippen LogP contribution in [0.5, 0.6) is 0 Å². The van der Waals surface area contributed by atoms with E-state index in [4.69, 9.17) is 22.4 Å². The van der Waals surface area contributed by atoms with Crippen LogP contribution in [0.2, 0.25) is 5.02 Å². The summed E-state index contributed by atoms with van der Waals surface area (Å²) in [5.41, 5.74) is 4.99. The Labute approximate surface area is 106 Å². The lowest BCUT2D eigenvalue weighted by Crippen LogP contribution is -2.10. The summed E-state index contributed by atoms with van der Waals surface area (Å²) >= 11 is 5.69. The molecule has 7 nitrogen and oxygen atoms in total. The monoisotopic (exact) mass is 266 g/mol. The number of carbonyl (C=O) groups is 2. The Morgan fingerprint density at radius 3 is 2.67 bits per heavy atom. The number of primary amides is 1. The van der Waals surface area contributed by atoms with Crippen molar-refractivity contribution in [1.29, 1.82) is 0 Å². The smallest absolute Gasteiger partial charge is 0.356 e. The van der Waals surface area contributed by atoms with Gasteiger partial charge in [0.1, 0.15) is 0 Å². The predicted octanol–water partition coefficient (Wildman–Crippen LogP) is 0.718. The van der Waals surface area contributed by atoms with E-state index in [1.807, 2.05) is 0 Å². The summed E-state index contributed by atoms with van der Waals surface area (Å²) in [6.45, 7) is 0. The highest BCUT2D eigenvalue weighted by atomic mass is 35.5. The molecule has 0 aliphatic carbocycles. The van der Waals surface area contributed by atoms with Crippen LogP contribution in [0.15, 0.2) is 24.5 Å². The maximum absolute atomic E-state index is 10.9. The van der Waals surface area contributed by atoms with Gasteiger partial charge in [0.25, 0.3) is 5.91 Å². The van der Waals surface area contributed by atoms with Crippen LogP contribution >= 0.6 is 11.6 Å². The van der Waals surface area contributed by atoms with Crippen molar-refractivity contribution < 1.29 is 14.7 Å². The number of hydrogen-bond donors (Lipinski definition) is 2. The Balaban J connectivity index is 2.47. The minimum atomic E-state index is -1.25. The second kappa shape index (κ2) is 4.46. The first-order valence-corrected chi connectivity index (χ1v) is 5.11. The number of aromatic carboxylic acids is 1. The van der Waals surface area contributed by atoms with Gasteiger partial charge in [0, 0.05) is 6.20 Å². The van der Waals surface area contributed by atoms with E-state index in [0.717, 1.165) is 0 Å². The minimum Gasteiger partial charge on any atom is -0.476 e. The van der Waals surface area contributed by atoms with Gasteiger partial charge in [-0.3, -0.25) is 4.79 Å². The molecule has 0 fully saturated rings. The topological polar surface area (TPSA) is 111 Å². The first-order chi connectivity index (χ1) is 8.49. The van der Waals surface area contributed by atoms with Crippen molar-refractivity contribution in [3.05, 3.63) is 40.8 Å². The number of nitrogens with two attached hydrogens (primary N) is 1. The third-order valence-electron chi connectivity index (χ3n) is 2.14. The molecule has 0 aliphatic rings. The number of pyridine rings is 1. The number of hydrogen-bond acceptors (Lipinski definition) is 4. The van der Waals surface area contributed by atoms with Crippen LogP contribution in [0.4, 0.5) is 0 Å². The fraction of sp³-hybridized carbons (Fsp3) is 0. The first-order valence-electron chi connectivity index (χ1n) is 4.73. The number of carbonyl (C=O) groups excluding carboxylic acids is 1. The summed E-state index contributed by atoms with van der Waals surface area (Å²) in [7, 11) is 0. The first kappa shape index (κ1) is 12.1. The van der Waals surface area contributed by atoms with Crippen molar-refractivity contribution in [1.82, 2.24) is 14.8 Å². The molecule has 2 rings (SSSR count). The molecular weight excluding hydrogens is 260 g/mol. The molecule has 18 heavy (non-hydrogen) atoms. The average molecular weight is 267 g/mol. The summed E-state index contributed by atoms with van der Waals surface area (Å²) in [6, 6.07) is 2.87. The van der Waals surface area contributed by atoms with E-state index in [1.165, 1.54) is 29.2 Å². The molecule has 8 heteroatoms. The Morgan fingerprint density at radius 1 is 1.39 bits per heavy atom. The number of aromatic nitrogens is 3. The average Bonchev–Trinajstić information content (AvgIpc) is 2.78. The van der Waals surface area contributed by atoms with E-state index in [0.29, 0.717) is 0 Å². The van der Waals surface area contributed by atoms with Crippen LogP contribution in [-0.4, -0.2) is 31.7 Å². The van der Waals surface area contributed by atoms with E-state index < -0.39 is 11.9 Å². The van der Waals surface area contributed by atoms with Crippen molar-refractivity contribution in [2.24, 2.45) is 5.73 Å². The lowest BCUT2D eigenvalue weighted by atomic mass is 10.3. The molecule has 0 spiro atoms. The zero-order chi connectivity index (χ0) is 13.3. The third-order valence-corrected chi connectivity index (χ3v) is 2.44. The third kappa shape index (κ3) is 2.16. The molecule has 1 amide bonds. The molecule has 2 heterocycles. The normalized spacial score (nSPS) is 10.3. The molecule has 0 bridgehead atoms. The van der Waals surface area contributed by atoms with Gasteiger partial charge in [0.2, 0.25) is 0 Å². The molecule has 0 aromatic carbocycles. The zero-order valence-corrected chi connectivity index (χ0v) is 9.63. The summed E-state index contributed by atoms with van der Waals surface area (Å²) in [4.78, 5) is 25.6. The van der Waals surface area contributed by atoms with Gasteiger partial charge in [-0.1, -0.05) is 11.6 Å². The number of amides is 1. The predicted molar refractivity (Wildman–Crippen MR) is 61.8 cm³/mol. The fourth-order valence-electron chi connectivity index (χ4n) is 1.28. The Hall–Kier alpha value is -2.41. The molecule has 0 unspecified atom stereocenters. The van der Waals surface area contributed by atoms with Crippen LogP contribution in [0.1, 0.15) is 20.8 Å². The molecule has 0 atom stereocenters. The van der Waals surface area contributed by atoms with Gasteiger partial charge in [0.15, 0.2) is 11.5 Å². The van der Waals surface area contributed by atoms with Crippen LogP contribution in [0, 0.1) is 0 Å². The molecule has 2 aromatic heterocycles. The molecule has 2 aromatic rings. The van der Waals surface area contributed by atoms with Gasteiger partial charge < -0.3 is 10.8 Å². The summed E-state index contributed by atoms with van der Waals surface area (Å²) in [5.74, 6) is -1.65. The Kier molecular flexibility index (Phi) is 2.99. The second-order valence-electron chi connectivity index (χ2n) is 3.34. The van der Waals surface area contributed by atoms with Gasteiger partial charge in [-0.2, -0.15) is 5.10 Å². The van der Waals surface area contributed by atoms with E-state index in [2.05, 4.69) is 10.1 Å². The number of halogens is 1. The van der Waals surface area contributed by atoms with Crippen LogP contribution in [-0.2, 0) is 0 Å². The number of rotatable bonds is 3. The number of carboxylic acids is 1. The summed E-state index contributed by atoms with van der Waals surface area (Å²) < 4.78 is 1.24. The second-order valence-corrected chi connectivity index (χ2v) is 3.75. The van der Waals surface area contributed by atoms with Gasteiger partial charge in [0.05, 0.1) is 16.8 Å². The van der Waals surface area contributed by atoms with Crippen LogP contribution in [0.3, 0.4) is 0 Å². The summed E-state index contributed by atoms with van der Waals surface area (Å²) in [6.07, 6.45) is 2.61. The van der Waals surface area contributed by atoms with E-state index in [1.54, 1.807) is 0 Å². The number of nitrogens with zero attached hydrogens (tertiary/aromatic N) is 3. The van der Waals surface area contributed by atoms with Gasteiger partial charge in [-0.25, -0.2) is 14.5 Å². The Morgan fingerprint density at radius 2 is 2.11 bits per heavy atom. The van der Waals surface area contributed by atoms with Crippen molar-refractivity contribution in [2.75, 3.05) is 0 Å². The quantitative estimate of drug-likeness (QED) is 0.850. The molecule has 0 aliphatic heterocycles. The summed E-state index contributed by atoms with van der Waals surface area (Å²) in [5, 5.41) is 12.8. The highest BCUT2D eigenvalue weighted by molar-refractivity contribution is 6.33. The van der Waals surface area contributed by atoms with Crippen molar-refractivity contribution in [3.8, 4) is 5.82 Å². The van der Waals surface area contributed by atoms with Gasteiger partial charge in [-0.15, -0.1) is 0 Å². The Bertz CT molecular complexity index is 638.